The molecule has 1 aromatic rings. The summed E-state index contributed by atoms with van der Waals surface area (Å²) in [6.07, 6.45) is 0.857. The zero-order valence-electron chi connectivity index (χ0n) is 11.2. The van der Waals surface area contributed by atoms with Crippen LogP contribution >= 0.6 is 15.9 Å². The van der Waals surface area contributed by atoms with Gasteiger partial charge in [0.2, 0.25) is 5.91 Å². The van der Waals surface area contributed by atoms with Gasteiger partial charge >= 0.3 is 0 Å². The second kappa shape index (κ2) is 7.79. The van der Waals surface area contributed by atoms with Crippen LogP contribution in [0.3, 0.4) is 0 Å². The summed E-state index contributed by atoms with van der Waals surface area (Å²) in [5.74, 6) is -0.996. The molecule has 0 spiro atoms. The molecule has 0 saturated heterocycles. The van der Waals surface area contributed by atoms with Crippen molar-refractivity contribution in [1.29, 1.82) is 0 Å². The highest BCUT2D eigenvalue weighted by atomic mass is 79.9. The van der Waals surface area contributed by atoms with Crippen LogP contribution in [-0.4, -0.2) is 23.6 Å². The van der Waals surface area contributed by atoms with Gasteiger partial charge in [0, 0.05) is 22.9 Å². The van der Waals surface area contributed by atoms with Crippen molar-refractivity contribution in [3.05, 3.63) is 34.3 Å². The number of Topliss-reactive ketones (excluding diaryl/α,β-unsaturated/α-hetero) is 1. The lowest BCUT2D eigenvalue weighted by Crippen LogP contribution is -2.44. The number of nitrogens with one attached hydrogen (secondary N) is 1. The topological polar surface area (TPSA) is 89.3 Å². The number of halogens is 1. The predicted molar refractivity (Wildman–Crippen MR) is 79.1 cm³/mol. The zero-order valence-corrected chi connectivity index (χ0v) is 12.8. The molecule has 0 fully saturated rings. The van der Waals surface area contributed by atoms with E-state index in [0.29, 0.717) is 12.0 Å². The van der Waals surface area contributed by atoms with Crippen LogP contribution in [0.25, 0.3) is 0 Å². The van der Waals surface area contributed by atoms with Crippen molar-refractivity contribution in [3.8, 4) is 0 Å². The fourth-order valence-corrected chi connectivity index (χ4v) is 2.04. The largest absolute Gasteiger partial charge is 0.368 e. The van der Waals surface area contributed by atoms with Gasteiger partial charge in [0.15, 0.2) is 0 Å². The normalized spacial score (nSPS) is 11.7. The van der Waals surface area contributed by atoms with E-state index >= 15 is 0 Å². The number of nitrogens with two attached hydrogens (primary N) is 1. The molecule has 0 radical (unpaired) electrons. The maximum absolute atomic E-state index is 12.0. The Bertz CT molecular complexity index is 517. The van der Waals surface area contributed by atoms with E-state index in [1.807, 2.05) is 0 Å². The van der Waals surface area contributed by atoms with Gasteiger partial charge in [0.25, 0.3) is 5.91 Å². The van der Waals surface area contributed by atoms with E-state index in [1.165, 1.54) is 0 Å². The Morgan fingerprint density at radius 2 is 2.05 bits per heavy atom. The minimum atomic E-state index is -0.836. The molecule has 6 heteroatoms. The van der Waals surface area contributed by atoms with Crippen LogP contribution in [0.2, 0.25) is 0 Å². The second-order valence-electron chi connectivity index (χ2n) is 4.37. The number of hydrogen-bond acceptors (Lipinski definition) is 3. The first-order valence-electron chi connectivity index (χ1n) is 6.31. The molecule has 0 aliphatic rings. The molecule has 0 bridgehead atoms. The van der Waals surface area contributed by atoms with Gasteiger partial charge in [-0.15, -0.1) is 0 Å². The van der Waals surface area contributed by atoms with Crippen molar-refractivity contribution in [1.82, 2.24) is 5.32 Å². The number of benzene rings is 1. The number of carbonyl (C=O) groups excluding carboxylic acids is 3. The lowest BCUT2D eigenvalue weighted by molar-refractivity contribution is -0.121. The summed E-state index contributed by atoms with van der Waals surface area (Å²) in [6.45, 7) is 1.75. The van der Waals surface area contributed by atoms with E-state index in [4.69, 9.17) is 5.73 Å². The quantitative estimate of drug-likeness (QED) is 0.792. The van der Waals surface area contributed by atoms with Crippen LogP contribution in [0.1, 0.15) is 36.5 Å². The molecule has 0 heterocycles. The molecule has 1 atom stereocenters. The molecule has 0 unspecified atom stereocenters. The van der Waals surface area contributed by atoms with Gasteiger partial charge < -0.3 is 11.1 Å². The Morgan fingerprint density at radius 3 is 2.60 bits per heavy atom. The monoisotopic (exact) mass is 340 g/mol. The number of hydrogen-bond donors (Lipinski definition) is 2. The molecule has 108 valence electrons. The standard InChI is InChI=1S/C14H17BrN2O3/c1-2-11(18)6-7-12(13(16)19)17-14(20)9-4-3-5-10(15)8-9/h3-5,8,12H,2,6-7H2,1H3,(H2,16,19)(H,17,20)/t12-/m1/s1. The first kappa shape index (κ1) is 16.4. The van der Waals surface area contributed by atoms with E-state index in [2.05, 4.69) is 21.2 Å². The van der Waals surface area contributed by atoms with Crippen LogP contribution in [0.5, 0.6) is 0 Å². The molecular weight excluding hydrogens is 324 g/mol. The van der Waals surface area contributed by atoms with E-state index in [0.717, 1.165) is 4.47 Å². The molecule has 0 aromatic heterocycles. The van der Waals surface area contributed by atoms with E-state index < -0.39 is 11.9 Å². The van der Waals surface area contributed by atoms with Gasteiger partial charge in [-0.25, -0.2) is 0 Å². The smallest absolute Gasteiger partial charge is 0.251 e. The third-order valence-electron chi connectivity index (χ3n) is 2.84. The maximum Gasteiger partial charge on any atom is 0.251 e. The number of primary amides is 1. The molecule has 3 N–H and O–H groups in total. The van der Waals surface area contributed by atoms with Crippen molar-refractivity contribution in [2.24, 2.45) is 5.73 Å². The molecular formula is C14H17BrN2O3. The summed E-state index contributed by atoms with van der Waals surface area (Å²) in [6, 6.07) is 5.96. The number of amides is 2. The van der Waals surface area contributed by atoms with Crippen molar-refractivity contribution >= 4 is 33.5 Å². The lowest BCUT2D eigenvalue weighted by Gasteiger charge is -2.15. The average Bonchev–Trinajstić information content (AvgIpc) is 2.42. The van der Waals surface area contributed by atoms with Crippen LogP contribution in [-0.2, 0) is 9.59 Å². The van der Waals surface area contributed by atoms with Crippen molar-refractivity contribution in [2.45, 2.75) is 32.2 Å². The van der Waals surface area contributed by atoms with Crippen molar-refractivity contribution in [3.63, 3.8) is 0 Å². The third kappa shape index (κ3) is 5.13. The lowest BCUT2D eigenvalue weighted by atomic mass is 10.1. The SMILES string of the molecule is CCC(=O)CC[C@@H](NC(=O)c1cccc(Br)c1)C(N)=O. The molecule has 0 aliphatic heterocycles. The first-order chi connectivity index (χ1) is 9.43. The highest BCUT2D eigenvalue weighted by Gasteiger charge is 2.19. The summed E-state index contributed by atoms with van der Waals surface area (Å²) in [4.78, 5) is 34.6. The maximum atomic E-state index is 12.0. The van der Waals surface area contributed by atoms with Crippen molar-refractivity contribution < 1.29 is 14.4 Å². The van der Waals surface area contributed by atoms with Crippen LogP contribution in [0.4, 0.5) is 0 Å². The zero-order chi connectivity index (χ0) is 15.1. The third-order valence-corrected chi connectivity index (χ3v) is 3.34. The molecule has 0 aliphatic carbocycles. The molecule has 0 saturated carbocycles. The first-order valence-corrected chi connectivity index (χ1v) is 7.10. The fraction of sp³-hybridized carbons (Fsp3) is 0.357. The van der Waals surface area contributed by atoms with Gasteiger partial charge in [0.05, 0.1) is 0 Å². The molecule has 5 nitrogen and oxygen atoms in total. The summed E-state index contributed by atoms with van der Waals surface area (Å²) in [5, 5.41) is 2.55. The summed E-state index contributed by atoms with van der Waals surface area (Å²) < 4.78 is 0.766. The van der Waals surface area contributed by atoms with Gasteiger partial charge in [-0.05, 0) is 24.6 Å². The fourth-order valence-electron chi connectivity index (χ4n) is 1.64. The molecule has 2 amide bonds. The van der Waals surface area contributed by atoms with E-state index in [-0.39, 0.29) is 24.5 Å². The summed E-state index contributed by atoms with van der Waals surface area (Å²) in [5.41, 5.74) is 5.67. The highest BCUT2D eigenvalue weighted by molar-refractivity contribution is 9.10. The van der Waals surface area contributed by atoms with Crippen molar-refractivity contribution in [2.75, 3.05) is 0 Å². The Morgan fingerprint density at radius 1 is 1.35 bits per heavy atom. The number of carbonyl (C=O) groups is 3. The van der Waals surface area contributed by atoms with Gasteiger partial charge in [-0.3, -0.25) is 14.4 Å². The second-order valence-corrected chi connectivity index (χ2v) is 5.29. The average molecular weight is 341 g/mol. The Labute approximate surface area is 126 Å². The highest BCUT2D eigenvalue weighted by Crippen LogP contribution is 2.12. The van der Waals surface area contributed by atoms with Gasteiger partial charge in [-0.2, -0.15) is 0 Å². The Hall–Kier alpha value is -1.69. The Balaban J connectivity index is 2.68. The Kier molecular flexibility index (Phi) is 6.38. The summed E-state index contributed by atoms with van der Waals surface area (Å²) in [7, 11) is 0. The molecule has 20 heavy (non-hydrogen) atoms. The minimum absolute atomic E-state index is 0.0351. The van der Waals surface area contributed by atoms with Crippen LogP contribution < -0.4 is 11.1 Å². The van der Waals surface area contributed by atoms with Gasteiger partial charge in [0.1, 0.15) is 11.8 Å². The number of ketones is 1. The van der Waals surface area contributed by atoms with Gasteiger partial charge in [-0.1, -0.05) is 28.9 Å². The molecule has 1 aromatic carbocycles. The minimum Gasteiger partial charge on any atom is -0.368 e. The number of rotatable bonds is 7. The predicted octanol–water partition coefficient (Wildman–Crippen LogP) is 1.79. The van der Waals surface area contributed by atoms with Crippen LogP contribution in [0, 0.1) is 0 Å². The van der Waals surface area contributed by atoms with Crippen LogP contribution in [0.15, 0.2) is 28.7 Å². The van der Waals surface area contributed by atoms with E-state index in [1.54, 1.807) is 31.2 Å². The van der Waals surface area contributed by atoms with E-state index in [9.17, 15) is 14.4 Å². The molecule has 1 rings (SSSR count). The summed E-state index contributed by atoms with van der Waals surface area (Å²) >= 11 is 3.27.